The van der Waals surface area contributed by atoms with Crippen molar-refractivity contribution in [2.24, 2.45) is 0 Å². The molecule has 0 atom stereocenters. The van der Waals surface area contributed by atoms with Gasteiger partial charge < -0.3 is 9.88 Å². The van der Waals surface area contributed by atoms with E-state index in [0.29, 0.717) is 0 Å². The van der Waals surface area contributed by atoms with Gasteiger partial charge in [-0.2, -0.15) is 0 Å². The Morgan fingerprint density at radius 2 is 2.46 bits per heavy atom. The smallest absolute Gasteiger partial charge is 0.182 e. The third kappa shape index (κ3) is 2.29. The van der Waals surface area contributed by atoms with E-state index in [-0.39, 0.29) is 0 Å². The third-order valence-electron chi connectivity index (χ3n) is 1.64. The highest BCUT2D eigenvalue weighted by Crippen LogP contribution is 2.09. The normalized spacial score (nSPS) is 10.2. The zero-order chi connectivity index (χ0) is 8.93. The van der Waals surface area contributed by atoms with E-state index in [9.17, 15) is 0 Å². The number of rotatable bonds is 4. The van der Waals surface area contributed by atoms with Crippen molar-refractivity contribution >= 4 is 16.5 Å². The first-order chi connectivity index (χ1) is 6.45. The first-order valence-electron chi connectivity index (χ1n) is 4.04. The van der Waals surface area contributed by atoms with Gasteiger partial charge in [0.1, 0.15) is 0 Å². The molecule has 0 fully saturated rings. The summed E-state index contributed by atoms with van der Waals surface area (Å²) in [5, 5.41) is 6.15. The molecule has 2 aromatic heterocycles. The van der Waals surface area contributed by atoms with Crippen LogP contribution in [-0.4, -0.2) is 21.1 Å². The summed E-state index contributed by atoms with van der Waals surface area (Å²) in [6.45, 7) is 1.80. The Hall–Kier alpha value is -1.36. The molecule has 0 spiro atoms. The molecule has 0 aliphatic rings. The molecule has 0 aliphatic heterocycles. The number of aromatic nitrogens is 3. The number of hydrogen-bond donors (Lipinski definition) is 1. The molecule has 2 rings (SSSR count). The predicted molar refractivity (Wildman–Crippen MR) is 52.8 cm³/mol. The molecule has 0 bridgehead atoms. The molecule has 0 unspecified atom stereocenters. The maximum atomic E-state index is 4.12. The molecule has 0 radical (unpaired) electrons. The molecule has 1 N–H and O–H groups in total. The Labute approximate surface area is 80.3 Å². The summed E-state index contributed by atoms with van der Waals surface area (Å²) in [5.74, 6) is 0. The number of hydrogen-bond acceptors (Lipinski definition) is 4. The summed E-state index contributed by atoms with van der Waals surface area (Å²) in [5.41, 5.74) is 0. The number of nitrogens with zero attached hydrogens (tertiary/aromatic N) is 3. The van der Waals surface area contributed by atoms with E-state index in [1.54, 1.807) is 23.7 Å². The summed E-state index contributed by atoms with van der Waals surface area (Å²) in [6.07, 6.45) is 7.33. The Morgan fingerprint density at radius 1 is 1.46 bits per heavy atom. The number of nitrogens with one attached hydrogen (secondary N) is 1. The number of thiazole rings is 1. The van der Waals surface area contributed by atoms with E-state index in [1.165, 1.54) is 0 Å². The quantitative estimate of drug-likeness (QED) is 0.801. The molecular formula is C8H10N4S. The molecular weight excluding hydrogens is 184 g/mol. The van der Waals surface area contributed by atoms with Gasteiger partial charge in [-0.25, -0.2) is 9.97 Å². The molecule has 0 aromatic carbocycles. The van der Waals surface area contributed by atoms with Crippen molar-refractivity contribution in [3.63, 3.8) is 0 Å². The number of anilines is 1. The standard InChI is InChI=1S/C8H10N4S/c1-4-12(7-9-1)5-2-10-8-11-3-6-13-8/h1,3-4,6-7H,2,5H2,(H,10,11). The second kappa shape index (κ2) is 4.04. The van der Waals surface area contributed by atoms with Crippen LogP contribution in [0.1, 0.15) is 0 Å². The summed E-state index contributed by atoms with van der Waals surface area (Å²) >= 11 is 1.61. The first kappa shape index (κ1) is 8.25. The minimum absolute atomic E-state index is 0.879. The predicted octanol–water partition coefficient (Wildman–Crippen LogP) is 1.45. The van der Waals surface area contributed by atoms with Crippen molar-refractivity contribution in [2.45, 2.75) is 6.54 Å². The Kier molecular flexibility index (Phi) is 2.56. The molecule has 4 nitrogen and oxygen atoms in total. The van der Waals surface area contributed by atoms with Crippen LogP contribution < -0.4 is 5.32 Å². The minimum atomic E-state index is 0.879. The van der Waals surface area contributed by atoms with Crippen LogP contribution in [0.4, 0.5) is 5.13 Å². The first-order valence-corrected chi connectivity index (χ1v) is 4.92. The van der Waals surface area contributed by atoms with Crippen LogP contribution in [0.5, 0.6) is 0 Å². The van der Waals surface area contributed by atoms with Gasteiger partial charge in [0.05, 0.1) is 6.33 Å². The maximum Gasteiger partial charge on any atom is 0.182 e. The molecule has 68 valence electrons. The van der Waals surface area contributed by atoms with Gasteiger partial charge in [-0.05, 0) is 0 Å². The Bertz CT molecular complexity index is 293. The van der Waals surface area contributed by atoms with Crippen molar-refractivity contribution in [2.75, 3.05) is 11.9 Å². The lowest BCUT2D eigenvalue weighted by Gasteiger charge is -2.02. The van der Waals surface area contributed by atoms with Gasteiger partial charge >= 0.3 is 0 Å². The van der Waals surface area contributed by atoms with Crippen LogP contribution in [0.3, 0.4) is 0 Å². The van der Waals surface area contributed by atoms with E-state index in [1.807, 2.05) is 22.5 Å². The van der Waals surface area contributed by atoms with Gasteiger partial charge in [-0.15, -0.1) is 11.3 Å². The van der Waals surface area contributed by atoms with Crippen molar-refractivity contribution in [1.82, 2.24) is 14.5 Å². The highest BCUT2D eigenvalue weighted by atomic mass is 32.1. The highest BCUT2D eigenvalue weighted by Gasteiger charge is 1.93. The monoisotopic (exact) mass is 194 g/mol. The molecule has 0 saturated heterocycles. The fourth-order valence-corrected chi connectivity index (χ4v) is 1.58. The van der Waals surface area contributed by atoms with Crippen LogP contribution in [0, 0.1) is 0 Å². The van der Waals surface area contributed by atoms with Gasteiger partial charge in [-0.1, -0.05) is 0 Å². The highest BCUT2D eigenvalue weighted by molar-refractivity contribution is 7.13. The zero-order valence-corrected chi connectivity index (χ0v) is 7.87. The second-order valence-electron chi connectivity index (χ2n) is 2.56. The van der Waals surface area contributed by atoms with Crippen LogP contribution in [-0.2, 0) is 6.54 Å². The van der Waals surface area contributed by atoms with Gasteiger partial charge in [-0.3, -0.25) is 0 Å². The average molecular weight is 194 g/mol. The maximum absolute atomic E-state index is 4.12. The van der Waals surface area contributed by atoms with E-state index in [4.69, 9.17) is 0 Å². The van der Waals surface area contributed by atoms with Gasteiger partial charge in [0.2, 0.25) is 0 Å². The molecule has 13 heavy (non-hydrogen) atoms. The molecule has 2 aromatic rings. The van der Waals surface area contributed by atoms with Gasteiger partial charge in [0.25, 0.3) is 0 Å². The second-order valence-corrected chi connectivity index (χ2v) is 3.46. The summed E-state index contributed by atoms with van der Waals surface area (Å²) in [7, 11) is 0. The fraction of sp³-hybridized carbons (Fsp3) is 0.250. The molecule has 0 amide bonds. The lowest BCUT2D eigenvalue weighted by Crippen LogP contribution is -2.08. The average Bonchev–Trinajstić information content (AvgIpc) is 2.75. The van der Waals surface area contributed by atoms with Crippen molar-refractivity contribution in [3.8, 4) is 0 Å². The summed E-state index contributed by atoms with van der Waals surface area (Å²) < 4.78 is 2.03. The summed E-state index contributed by atoms with van der Waals surface area (Å²) in [4.78, 5) is 8.08. The summed E-state index contributed by atoms with van der Waals surface area (Å²) in [6, 6.07) is 0. The minimum Gasteiger partial charge on any atom is -0.360 e. The lowest BCUT2D eigenvalue weighted by atomic mass is 10.6. The Balaban J connectivity index is 1.76. The van der Waals surface area contributed by atoms with E-state index >= 15 is 0 Å². The van der Waals surface area contributed by atoms with Crippen LogP contribution in [0.2, 0.25) is 0 Å². The van der Waals surface area contributed by atoms with Crippen molar-refractivity contribution < 1.29 is 0 Å². The number of imidazole rings is 1. The van der Waals surface area contributed by atoms with Crippen LogP contribution in [0.25, 0.3) is 0 Å². The van der Waals surface area contributed by atoms with E-state index in [2.05, 4.69) is 15.3 Å². The third-order valence-corrected chi connectivity index (χ3v) is 2.37. The molecule has 5 heteroatoms. The molecule has 0 saturated carbocycles. The van der Waals surface area contributed by atoms with Gasteiger partial charge in [0, 0.05) is 37.1 Å². The van der Waals surface area contributed by atoms with E-state index in [0.717, 1.165) is 18.2 Å². The van der Waals surface area contributed by atoms with E-state index < -0.39 is 0 Å². The largest absolute Gasteiger partial charge is 0.360 e. The van der Waals surface area contributed by atoms with Crippen molar-refractivity contribution in [3.05, 3.63) is 30.3 Å². The van der Waals surface area contributed by atoms with Gasteiger partial charge in [0.15, 0.2) is 5.13 Å². The topological polar surface area (TPSA) is 42.7 Å². The SMILES string of the molecule is c1cn(CCNc2nccs2)cn1. The fourth-order valence-electron chi connectivity index (χ4n) is 1.02. The van der Waals surface area contributed by atoms with Crippen molar-refractivity contribution in [1.29, 1.82) is 0 Å². The lowest BCUT2D eigenvalue weighted by molar-refractivity contribution is 0.726. The Morgan fingerprint density at radius 3 is 3.15 bits per heavy atom. The zero-order valence-electron chi connectivity index (χ0n) is 7.05. The van der Waals surface area contributed by atoms with Crippen LogP contribution >= 0.6 is 11.3 Å². The molecule has 0 aliphatic carbocycles. The molecule has 2 heterocycles. The van der Waals surface area contributed by atoms with Crippen LogP contribution in [0.15, 0.2) is 30.3 Å².